The van der Waals surface area contributed by atoms with Crippen molar-refractivity contribution in [2.75, 3.05) is 27.3 Å². The molecule has 1 saturated heterocycles. The molecule has 4 heterocycles. The number of hydrogen-bond acceptors (Lipinski definition) is 5. The van der Waals surface area contributed by atoms with Gasteiger partial charge in [-0.1, -0.05) is 12.1 Å². The van der Waals surface area contributed by atoms with Crippen molar-refractivity contribution in [1.29, 1.82) is 0 Å². The number of likely N-dealkylation sites (tertiary alicyclic amines) is 1. The van der Waals surface area contributed by atoms with Gasteiger partial charge in [0.15, 0.2) is 17.6 Å². The minimum Gasteiger partial charge on any atom is -0.496 e. The third-order valence-corrected chi connectivity index (χ3v) is 10.9. The molecular formula is C31H34N2O4. The first-order chi connectivity index (χ1) is 18.1. The monoisotopic (exact) mass is 498 g/mol. The summed E-state index contributed by atoms with van der Waals surface area (Å²) in [6.45, 7) is 3.11. The molecule has 2 aromatic carbocycles. The van der Waals surface area contributed by atoms with Gasteiger partial charge in [-0.3, -0.25) is 4.90 Å². The van der Waals surface area contributed by atoms with Crippen molar-refractivity contribution in [3.63, 3.8) is 0 Å². The second-order valence-electron chi connectivity index (χ2n) is 12.4. The van der Waals surface area contributed by atoms with E-state index in [-0.39, 0.29) is 12.1 Å². The minimum absolute atomic E-state index is 0.0886. The van der Waals surface area contributed by atoms with E-state index in [1.54, 1.807) is 14.2 Å². The lowest BCUT2D eigenvalue weighted by atomic mass is 9.49. The van der Waals surface area contributed by atoms with E-state index < -0.39 is 11.0 Å². The number of benzene rings is 2. The molecule has 6 heteroatoms. The molecule has 2 bridgehead atoms. The average Bonchev–Trinajstić information content (AvgIpc) is 3.58. The predicted octanol–water partition coefficient (Wildman–Crippen LogP) is 4.30. The van der Waals surface area contributed by atoms with Crippen LogP contribution in [-0.2, 0) is 31.2 Å². The summed E-state index contributed by atoms with van der Waals surface area (Å²) in [6.07, 6.45) is 7.06. The van der Waals surface area contributed by atoms with Gasteiger partial charge >= 0.3 is 0 Å². The van der Waals surface area contributed by atoms with Crippen molar-refractivity contribution in [3.8, 4) is 17.2 Å². The number of fused-ring (bicyclic) bond motifs is 4. The molecule has 3 aliphatic heterocycles. The number of aromatic nitrogens is 1. The Bertz CT molecular complexity index is 1510. The van der Waals surface area contributed by atoms with Crippen LogP contribution in [0.25, 0.3) is 10.9 Å². The van der Waals surface area contributed by atoms with E-state index in [2.05, 4.69) is 33.7 Å². The molecule has 1 N–H and O–H groups in total. The molecule has 6 aliphatic rings. The van der Waals surface area contributed by atoms with Crippen molar-refractivity contribution in [3.05, 3.63) is 52.2 Å². The van der Waals surface area contributed by atoms with Crippen LogP contribution < -0.4 is 14.2 Å². The van der Waals surface area contributed by atoms with E-state index in [9.17, 15) is 5.11 Å². The molecule has 37 heavy (non-hydrogen) atoms. The fourth-order valence-corrected chi connectivity index (χ4v) is 9.21. The van der Waals surface area contributed by atoms with Gasteiger partial charge in [-0.15, -0.1) is 0 Å². The molecule has 0 radical (unpaired) electrons. The highest BCUT2D eigenvalue weighted by Gasteiger charge is 2.73. The van der Waals surface area contributed by atoms with E-state index in [1.165, 1.54) is 51.7 Å². The van der Waals surface area contributed by atoms with Crippen LogP contribution in [0.4, 0.5) is 0 Å². The molecule has 0 unspecified atom stereocenters. The smallest absolute Gasteiger partial charge is 0.166 e. The van der Waals surface area contributed by atoms with Crippen molar-refractivity contribution in [2.24, 2.45) is 5.92 Å². The van der Waals surface area contributed by atoms with E-state index in [0.717, 1.165) is 68.5 Å². The summed E-state index contributed by atoms with van der Waals surface area (Å²) in [5.74, 6) is 3.36. The zero-order valence-electron chi connectivity index (χ0n) is 21.7. The maximum atomic E-state index is 13.2. The third kappa shape index (κ3) is 2.33. The average molecular weight is 499 g/mol. The molecule has 1 saturated carbocycles. The van der Waals surface area contributed by atoms with E-state index in [1.807, 2.05) is 0 Å². The quantitative estimate of drug-likeness (QED) is 0.581. The fraction of sp³-hybridized carbons (Fsp3) is 0.548. The summed E-state index contributed by atoms with van der Waals surface area (Å²) in [4.78, 5) is 2.63. The highest BCUT2D eigenvalue weighted by Crippen LogP contribution is 2.70. The lowest BCUT2D eigenvalue weighted by Gasteiger charge is -2.63. The number of methoxy groups -OCH3 is 2. The zero-order chi connectivity index (χ0) is 24.7. The number of ether oxygens (including phenoxy) is 3. The van der Waals surface area contributed by atoms with Gasteiger partial charge in [-0.05, 0) is 79.8 Å². The molecule has 3 aromatic rings. The van der Waals surface area contributed by atoms with Gasteiger partial charge in [-0.2, -0.15) is 0 Å². The first-order valence-electron chi connectivity index (χ1n) is 14.1. The molecule has 192 valence electrons. The van der Waals surface area contributed by atoms with Crippen molar-refractivity contribution >= 4 is 10.9 Å². The van der Waals surface area contributed by atoms with Gasteiger partial charge < -0.3 is 23.9 Å². The predicted molar refractivity (Wildman–Crippen MR) is 140 cm³/mol. The Morgan fingerprint density at radius 3 is 2.68 bits per heavy atom. The Morgan fingerprint density at radius 1 is 1.05 bits per heavy atom. The molecule has 9 rings (SSSR count). The van der Waals surface area contributed by atoms with Gasteiger partial charge in [0, 0.05) is 36.5 Å². The summed E-state index contributed by atoms with van der Waals surface area (Å²) >= 11 is 0. The molecule has 6 nitrogen and oxygen atoms in total. The van der Waals surface area contributed by atoms with Gasteiger partial charge in [0.2, 0.25) is 0 Å². The van der Waals surface area contributed by atoms with Crippen LogP contribution in [0.1, 0.15) is 59.7 Å². The molecule has 2 fully saturated rings. The van der Waals surface area contributed by atoms with Crippen molar-refractivity contribution < 1.29 is 19.3 Å². The topological polar surface area (TPSA) is 56.1 Å². The van der Waals surface area contributed by atoms with Crippen LogP contribution >= 0.6 is 0 Å². The van der Waals surface area contributed by atoms with Crippen molar-refractivity contribution in [2.45, 2.75) is 74.7 Å². The van der Waals surface area contributed by atoms with Crippen LogP contribution in [0.3, 0.4) is 0 Å². The number of hydrogen-bond donors (Lipinski definition) is 1. The number of piperidine rings is 1. The maximum absolute atomic E-state index is 13.2. The van der Waals surface area contributed by atoms with Crippen LogP contribution in [0.15, 0.2) is 24.3 Å². The summed E-state index contributed by atoms with van der Waals surface area (Å²) in [5.41, 5.74) is 6.40. The molecule has 1 spiro atoms. The second-order valence-corrected chi connectivity index (χ2v) is 12.4. The SMILES string of the molecule is COc1ccc2c3c1O[C@H]1c4c(c5c(OC)ccc6c5n4CCC6)C[C@@]4(O)[C@@H](C2)N(CC2CC2)CC[C@]314. The second kappa shape index (κ2) is 6.83. The van der Waals surface area contributed by atoms with Gasteiger partial charge in [0.05, 0.1) is 36.4 Å². The number of aryl methyl sites for hydroxylation is 2. The van der Waals surface area contributed by atoms with E-state index in [0.29, 0.717) is 6.42 Å². The Labute approximate surface area is 217 Å². The summed E-state index contributed by atoms with van der Waals surface area (Å²) in [7, 11) is 3.50. The Balaban J connectivity index is 1.37. The van der Waals surface area contributed by atoms with Crippen LogP contribution in [0, 0.1) is 5.92 Å². The maximum Gasteiger partial charge on any atom is 0.166 e. The fourth-order valence-electron chi connectivity index (χ4n) is 9.21. The van der Waals surface area contributed by atoms with Crippen LogP contribution in [-0.4, -0.2) is 53.5 Å². The van der Waals surface area contributed by atoms with Crippen LogP contribution in [0.5, 0.6) is 17.2 Å². The Morgan fingerprint density at radius 2 is 1.86 bits per heavy atom. The molecule has 3 aliphatic carbocycles. The molecule has 0 amide bonds. The largest absolute Gasteiger partial charge is 0.496 e. The van der Waals surface area contributed by atoms with Gasteiger partial charge in [0.1, 0.15) is 5.75 Å². The first kappa shape index (κ1) is 21.3. The van der Waals surface area contributed by atoms with Gasteiger partial charge in [-0.25, -0.2) is 0 Å². The summed E-state index contributed by atoms with van der Waals surface area (Å²) < 4.78 is 21.4. The Kier molecular flexibility index (Phi) is 3.93. The van der Waals surface area contributed by atoms with Gasteiger partial charge in [0.25, 0.3) is 0 Å². The number of nitrogens with zero attached hydrogens (tertiary/aromatic N) is 2. The van der Waals surface area contributed by atoms with Crippen LogP contribution in [0.2, 0.25) is 0 Å². The first-order valence-corrected chi connectivity index (χ1v) is 14.1. The number of aliphatic hydroxyl groups is 1. The lowest BCUT2D eigenvalue weighted by molar-refractivity contribution is -0.173. The minimum atomic E-state index is -0.906. The van der Waals surface area contributed by atoms with E-state index >= 15 is 0 Å². The summed E-state index contributed by atoms with van der Waals surface area (Å²) in [6, 6.07) is 8.78. The highest BCUT2D eigenvalue weighted by atomic mass is 16.5. The lowest BCUT2D eigenvalue weighted by Crippen LogP contribution is -2.74. The molecule has 4 atom stereocenters. The number of rotatable bonds is 4. The van der Waals surface area contributed by atoms with E-state index in [4.69, 9.17) is 14.2 Å². The summed E-state index contributed by atoms with van der Waals surface area (Å²) in [5, 5.41) is 14.4. The highest BCUT2D eigenvalue weighted by molar-refractivity contribution is 5.95. The normalized spacial score (nSPS) is 32.6. The zero-order valence-corrected chi connectivity index (χ0v) is 21.7. The Hall–Kier alpha value is -2.70. The third-order valence-electron chi connectivity index (χ3n) is 10.9. The molecule has 1 aromatic heterocycles. The van der Waals surface area contributed by atoms with Crippen molar-refractivity contribution in [1.82, 2.24) is 9.47 Å². The molecular weight excluding hydrogens is 464 g/mol. The standard InChI is InChI=1S/C31H34N2O4/c1-35-21-9-7-18-4-3-12-33-26(18)24(21)20-15-31(34)23-14-19-8-10-22(36-2)28-25(19)30(31,29(37-28)27(20)33)11-13-32(23)16-17-5-6-17/h7-10,17,23,29,34H,3-6,11-16H2,1-2H3/t23-,29+,30+,31-/m1/s1.